The Kier molecular flexibility index (Phi) is 5.49. The van der Waals surface area contributed by atoms with E-state index in [1.165, 1.54) is 49.8 Å². The molecule has 4 rings (SSSR count). The van der Waals surface area contributed by atoms with Crippen LogP contribution in [0.5, 0.6) is 0 Å². The summed E-state index contributed by atoms with van der Waals surface area (Å²) in [6.45, 7) is 3.17. The topological polar surface area (TPSA) is 38.1 Å². The zero-order valence-corrected chi connectivity index (χ0v) is 15.6. The van der Waals surface area contributed by atoms with E-state index in [-0.39, 0.29) is 5.78 Å². The third kappa shape index (κ3) is 3.75. The van der Waals surface area contributed by atoms with Gasteiger partial charge in [-0.15, -0.1) is 0 Å². The van der Waals surface area contributed by atoms with Crippen LogP contribution in [0.3, 0.4) is 0 Å². The Balaban J connectivity index is 1.54. The lowest BCUT2D eigenvalue weighted by molar-refractivity contribution is 0.0958. The zero-order chi connectivity index (χ0) is 17.8. The summed E-state index contributed by atoms with van der Waals surface area (Å²) in [5.74, 6) is 0.224. The second-order valence-electron chi connectivity index (χ2n) is 7.66. The molecular formula is C22H29N3O. The highest BCUT2D eigenvalue weighted by Crippen LogP contribution is 2.27. The number of Topliss-reactive ketones (excluding diaryl/α,β-unsaturated/α-hetero) is 1. The van der Waals surface area contributed by atoms with Crippen LogP contribution in [0.4, 0.5) is 0 Å². The van der Waals surface area contributed by atoms with Gasteiger partial charge in [-0.1, -0.05) is 31.0 Å². The van der Waals surface area contributed by atoms with Crippen LogP contribution >= 0.6 is 0 Å². The SMILES string of the molecule is O=C(CCN1CCCCCC1)c1nn(-c2ccccc2)c2c1CCCC2. The number of hydrogen-bond acceptors (Lipinski definition) is 3. The summed E-state index contributed by atoms with van der Waals surface area (Å²) in [4.78, 5) is 15.5. The second-order valence-corrected chi connectivity index (χ2v) is 7.66. The lowest BCUT2D eigenvalue weighted by Crippen LogP contribution is -2.27. The molecule has 26 heavy (non-hydrogen) atoms. The predicted octanol–water partition coefficient (Wildman–Crippen LogP) is 4.20. The van der Waals surface area contributed by atoms with E-state index < -0.39 is 0 Å². The van der Waals surface area contributed by atoms with Crippen LogP contribution in [0.1, 0.15) is 66.7 Å². The summed E-state index contributed by atoms with van der Waals surface area (Å²) in [5, 5.41) is 4.79. The van der Waals surface area contributed by atoms with Crippen molar-refractivity contribution in [3.63, 3.8) is 0 Å². The van der Waals surface area contributed by atoms with E-state index in [0.717, 1.165) is 43.9 Å². The quantitative estimate of drug-likeness (QED) is 0.758. The molecule has 1 aliphatic heterocycles. The summed E-state index contributed by atoms with van der Waals surface area (Å²) < 4.78 is 2.02. The van der Waals surface area contributed by atoms with Crippen molar-refractivity contribution < 1.29 is 4.79 Å². The highest BCUT2D eigenvalue weighted by Gasteiger charge is 2.25. The molecule has 2 aromatic rings. The average Bonchev–Trinajstić information content (AvgIpc) is 2.88. The van der Waals surface area contributed by atoms with Crippen molar-refractivity contribution in [2.45, 2.75) is 57.8 Å². The van der Waals surface area contributed by atoms with Gasteiger partial charge in [0.1, 0.15) is 5.69 Å². The van der Waals surface area contributed by atoms with Gasteiger partial charge in [-0.3, -0.25) is 4.79 Å². The molecule has 4 nitrogen and oxygen atoms in total. The van der Waals surface area contributed by atoms with E-state index in [0.29, 0.717) is 6.42 Å². The molecule has 0 unspecified atom stereocenters. The maximum atomic E-state index is 13.0. The number of aromatic nitrogens is 2. The Morgan fingerprint density at radius 3 is 2.42 bits per heavy atom. The van der Waals surface area contributed by atoms with Crippen LogP contribution in [-0.4, -0.2) is 40.1 Å². The number of rotatable bonds is 5. The smallest absolute Gasteiger partial charge is 0.184 e. The maximum Gasteiger partial charge on any atom is 0.184 e. The van der Waals surface area contributed by atoms with Gasteiger partial charge < -0.3 is 4.90 Å². The molecule has 0 radical (unpaired) electrons. The normalized spacial score (nSPS) is 18.3. The standard InChI is InChI=1S/C22H29N3O/c26-21(14-17-24-15-8-1-2-9-16-24)22-19-12-6-7-13-20(19)25(23-22)18-10-4-3-5-11-18/h3-5,10-11H,1-2,6-9,12-17H2. The Labute approximate surface area is 156 Å². The van der Waals surface area contributed by atoms with Gasteiger partial charge in [0.05, 0.1) is 5.69 Å². The second kappa shape index (κ2) is 8.17. The molecule has 1 aliphatic carbocycles. The van der Waals surface area contributed by atoms with E-state index in [1.54, 1.807) is 0 Å². The van der Waals surface area contributed by atoms with Crippen molar-refractivity contribution in [1.29, 1.82) is 0 Å². The fraction of sp³-hybridized carbons (Fsp3) is 0.545. The molecule has 0 N–H and O–H groups in total. The fourth-order valence-electron chi connectivity index (χ4n) is 4.34. The molecule has 1 aromatic heterocycles. The van der Waals surface area contributed by atoms with E-state index in [2.05, 4.69) is 17.0 Å². The first-order valence-electron chi connectivity index (χ1n) is 10.2. The Morgan fingerprint density at radius 1 is 0.923 bits per heavy atom. The lowest BCUT2D eigenvalue weighted by atomic mass is 9.94. The monoisotopic (exact) mass is 351 g/mol. The molecule has 1 saturated heterocycles. The number of likely N-dealkylation sites (tertiary alicyclic amines) is 1. The molecule has 1 aromatic carbocycles. The van der Waals surface area contributed by atoms with Gasteiger partial charge in [-0.05, 0) is 63.7 Å². The van der Waals surface area contributed by atoms with Crippen molar-refractivity contribution in [2.24, 2.45) is 0 Å². The molecule has 2 aliphatic rings. The van der Waals surface area contributed by atoms with Gasteiger partial charge in [-0.25, -0.2) is 4.68 Å². The minimum Gasteiger partial charge on any atom is -0.303 e. The van der Waals surface area contributed by atoms with Gasteiger partial charge in [0.2, 0.25) is 0 Å². The maximum absolute atomic E-state index is 13.0. The van der Waals surface area contributed by atoms with Crippen LogP contribution in [-0.2, 0) is 12.8 Å². The third-order valence-electron chi connectivity index (χ3n) is 5.80. The zero-order valence-electron chi connectivity index (χ0n) is 15.6. The number of hydrogen-bond donors (Lipinski definition) is 0. The number of nitrogens with zero attached hydrogens (tertiary/aromatic N) is 3. The predicted molar refractivity (Wildman–Crippen MR) is 104 cm³/mol. The van der Waals surface area contributed by atoms with Crippen LogP contribution in [0.2, 0.25) is 0 Å². The first kappa shape index (κ1) is 17.5. The summed E-state index contributed by atoms with van der Waals surface area (Å²) in [6, 6.07) is 10.2. The summed E-state index contributed by atoms with van der Waals surface area (Å²) >= 11 is 0. The van der Waals surface area contributed by atoms with Crippen molar-refractivity contribution in [3.8, 4) is 5.69 Å². The first-order valence-corrected chi connectivity index (χ1v) is 10.2. The third-order valence-corrected chi connectivity index (χ3v) is 5.80. The number of para-hydroxylation sites is 1. The minimum atomic E-state index is 0.224. The number of carbonyl (C=O) groups is 1. The molecule has 0 atom stereocenters. The molecule has 0 amide bonds. The van der Waals surface area contributed by atoms with Crippen molar-refractivity contribution in [1.82, 2.24) is 14.7 Å². The van der Waals surface area contributed by atoms with E-state index in [9.17, 15) is 4.79 Å². The van der Waals surface area contributed by atoms with Crippen LogP contribution in [0, 0.1) is 0 Å². The van der Waals surface area contributed by atoms with Gasteiger partial charge in [0, 0.05) is 24.2 Å². The van der Waals surface area contributed by atoms with Crippen LogP contribution in [0.15, 0.2) is 30.3 Å². The first-order chi connectivity index (χ1) is 12.8. The largest absolute Gasteiger partial charge is 0.303 e. The van der Waals surface area contributed by atoms with E-state index in [4.69, 9.17) is 5.10 Å². The number of carbonyl (C=O) groups excluding carboxylic acids is 1. The molecule has 138 valence electrons. The molecule has 0 saturated carbocycles. The summed E-state index contributed by atoms with van der Waals surface area (Å²) in [7, 11) is 0. The van der Waals surface area contributed by atoms with Gasteiger partial charge in [0.15, 0.2) is 5.78 Å². The minimum absolute atomic E-state index is 0.224. The molecule has 0 spiro atoms. The summed E-state index contributed by atoms with van der Waals surface area (Å²) in [6.07, 6.45) is 10.2. The van der Waals surface area contributed by atoms with Gasteiger partial charge >= 0.3 is 0 Å². The number of fused-ring (bicyclic) bond motifs is 1. The highest BCUT2D eigenvalue weighted by atomic mass is 16.1. The van der Waals surface area contributed by atoms with E-state index in [1.807, 2.05) is 22.9 Å². The molecule has 0 bridgehead atoms. The average molecular weight is 351 g/mol. The van der Waals surface area contributed by atoms with Crippen LogP contribution < -0.4 is 0 Å². The Bertz CT molecular complexity index is 742. The lowest BCUT2D eigenvalue weighted by Gasteiger charge is -2.19. The molecule has 2 heterocycles. The highest BCUT2D eigenvalue weighted by molar-refractivity contribution is 5.96. The van der Waals surface area contributed by atoms with Crippen molar-refractivity contribution in [3.05, 3.63) is 47.3 Å². The van der Waals surface area contributed by atoms with Crippen molar-refractivity contribution in [2.75, 3.05) is 19.6 Å². The number of benzene rings is 1. The summed E-state index contributed by atoms with van der Waals surface area (Å²) in [5.41, 5.74) is 4.26. The fourth-order valence-corrected chi connectivity index (χ4v) is 4.34. The molecule has 1 fully saturated rings. The van der Waals surface area contributed by atoms with Gasteiger partial charge in [0.25, 0.3) is 0 Å². The molecule has 4 heteroatoms. The van der Waals surface area contributed by atoms with Crippen molar-refractivity contribution >= 4 is 5.78 Å². The van der Waals surface area contributed by atoms with Gasteiger partial charge in [-0.2, -0.15) is 5.10 Å². The Hall–Kier alpha value is -1.94. The number of ketones is 1. The van der Waals surface area contributed by atoms with E-state index >= 15 is 0 Å². The Morgan fingerprint density at radius 2 is 1.65 bits per heavy atom. The molecular weight excluding hydrogens is 322 g/mol. The van der Waals surface area contributed by atoms with Crippen LogP contribution in [0.25, 0.3) is 5.69 Å².